The molecule has 3 rings (SSSR count). The number of ether oxygens (including phenoxy) is 1. The van der Waals surface area contributed by atoms with Crippen LogP contribution in [0.25, 0.3) is 10.6 Å². The molecule has 8 nitrogen and oxygen atoms in total. The number of hydrogen-bond donors (Lipinski definition) is 3. The summed E-state index contributed by atoms with van der Waals surface area (Å²) in [6.45, 7) is 3.30. The van der Waals surface area contributed by atoms with Crippen LogP contribution >= 0.6 is 11.3 Å². The second kappa shape index (κ2) is 10.4. The van der Waals surface area contributed by atoms with Gasteiger partial charge in [-0.25, -0.2) is 9.78 Å². The maximum Gasteiger partial charge on any atom is 0.408 e. The summed E-state index contributed by atoms with van der Waals surface area (Å²) in [5.41, 5.74) is 6.96. The molecule has 1 aromatic heterocycles. The molecule has 0 aliphatic rings. The summed E-state index contributed by atoms with van der Waals surface area (Å²) >= 11 is 1.23. The van der Waals surface area contributed by atoms with E-state index in [2.05, 4.69) is 21.2 Å². The molecule has 31 heavy (non-hydrogen) atoms. The van der Waals surface area contributed by atoms with Crippen molar-refractivity contribution in [3.63, 3.8) is 0 Å². The van der Waals surface area contributed by atoms with E-state index in [0.717, 1.165) is 11.1 Å². The molecule has 2 aromatic carbocycles. The van der Waals surface area contributed by atoms with Gasteiger partial charge in [0.1, 0.15) is 22.5 Å². The predicted molar refractivity (Wildman–Crippen MR) is 117 cm³/mol. The SMILES string of the molecule is Cc1nc(-c2ccccc2)sc1C(=O)NNC(=O)C(C)NC(=O)OCc1ccccc1. The molecule has 0 aliphatic heterocycles. The van der Waals surface area contributed by atoms with Gasteiger partial charge in [0.05, 0.1) is 5.69 Å². The molecule has 160 valence electrons. The Kier molecular flexibility index (Phi) is 7.34. The van der Waals surface area contributed by atoms with Crippen LogP contribution in [0.4, 0.5) is 4.79 Å². The lowest BCUT2D eigenvalue weighted by Crippen LogP contribution is -2.51. The van der Waals surface area contributed by atoms with Crippen LogP contribution in [0.5, 0.6) is 0 Å². The van der Waals surface area contributed by atoms with Crippen LogP contribution in [-0.2, 0) is 16.1 Å². The zero-order valence-electron chi connectivity index (χ0n) is 17.0. The number of hydrogen-bond acceptors (Lipinski definition) is 6. The number of hydrazine groups is 1. The minimum absolute atomic E-state index is 0.0894. The normalized spacial score (nSPS) is 11.3. The summed E-state index contributed by atoms with van der Waals surface area (Å²) in [5, 5.41) is 3.13. The van der Waals surface area contributed by atoms with Crippen LogP contribution in [-0.4, -0.2) is 28.9 Å². The predicted octanol–water partition coefficient (Wildman–Crippen LogP) is 3.19. The van der Waals surface area contributed by atoms with Gasteiger partial charge < -0.3 is 10.1 Å². The Balaban J connectivity index is 1.48. The van der Waals surface area contributed by atoms with Crippen LogP contribution in [0.1, 0.15) is 27.9 Å². The Morgan fingerprint density at radius 3 is 2.32 bits per heavy atom. The van der Waals surface area contributed by atoms with Crippen molar-refractivity contribution in [2.75, 3.05) is 0 Å². The molecule has 0 saturated carbocycles. The van der Waals surface area contributed by atoms with E-state index in [4.69, 9.17) is 4.74 Å². The van der Waals surface area contributed by atoms with E-state index >= 15 is 0 Å². The maximum atomic E-state index is 12.5. The van der Waals surface area contributed by atoms with Gasteiger partial charge in [-0.1, -0.05) is 60.7 Å². The number of aryl methyl sites for hydroxylation is 1. The molecule has 3 N–H and O–H groups in total. The van der Waals surface area contributed by atoms with E-state index in [0.29, 0.717) is 15.6 Å². The molecule has 0 spiro atoms. The highest BCUT2D eigenvalue weighted by atomic mass is 32.1. The number of benzene rings is 2. The van der Waals surface area contributed by atoms with E-state index in [1.165, 1.54) is 18.3 Å². The first-order valence-corrected chi connectivity index (χ1v) is 10.4. The van der Waals surface area contributed by atoms with Crippen LogP contribution in [0, 0.1) is 6.92 Å². The van der Waals surface area contributed by atoms with E-state index in [-0.39, 0.29) is 6.61 Å². The second-order valence-electron chi connectivity index (χ2n) is 6.67. The number of aromatic nitrogens is 1. The van der Waals surface area contributed by atoms with E-state index in [9.17, 15) is 14.4 Å². The third-order valence-electron chi connectivity index (χ3n) is 4.26. The molecule has 0 saturated heterocycles. The first-order valence-electron chi connectivity index (χ1n) is 9.54. The van der Waals surface area contributed by atoms with E-state index < -0.39 is 23.9 Å². The fraction of sp³-hybridized carbons (Fsp3) is 0.182. The van der Waals surface area contributed by atoms with Gasteiger partial charge in [-0.05, 0) is 19.4 Å². The Morgan fingerprint density at radius 2 is 1.65 bits per heavy atom. The number of carbonyl (C=O) groups excluding carboxylic acids is 3. The highest BCUT2D eigenvalue weighted by Gasteiger charge is 2.20. The molecule has 0 fully saturated rings. The summed E-state index contributed by atoms with van der Waals surface area (Å²) in [6.07, 6.45) is -0.733. The summed E-state index contributed by atoms with van der Waals surface area (Å²) in [4.78, 5) is 41.3. The number of carbonyl (C=O) groups is 3. The molecule has 3 amide bonds. The van der Waals surface area contributed by atoms with Gasteiger partial charge in [0.25, 0.3) is 11.8 Å². The zero-order valence-corrected chi connectivity index (χ0v) is 17.9. The van der Waals surface area contributed by atoms with Gasteiger partial charge in [-0.2, -0.15) is 0 Å². The maximum absolute atomic E-state index is 12.5. The Bertz CT molecular complexity index is 1050. The minimum Gasteiger partial charge on any atom is -0.445 e. The third kappa shape index (κ3) is 6.13. The largest absolute Gasteiger partial charge is 0.445 e. The Morgan fingerprint density at radius 1 is 1.00 bits per heavy atom. The fourth-order valence-corrected chi connectivity index (χ4v) is 3.57. The molecule has 9 heteroatoms. The Hall–Kier alpha value is -3.72. The molecular formula is C22H22N4O4S. The van der Waals surface area contributed by atoms with Gasteiger partial charge in [0.15, 0.2) is 0 Å². The summed E-state index contributed by atoms with van der Waals surface area (Å²) < 4.78 is 5.08. The van der Waals surface area contributed by atoms with E-state index in [1.54, 1.807) is 6.92 Å². The Labute approximate surface area is 183 Å². The van der Waals surface area contributed by atoms with Crippen molar-refractivity contribution in [2.45, 2.75) is 26.5 Å². The monoisotopic (exact) mass is 438 g/mol. The van der Waals surface area contributed by atoms with Gasteiger partial charge >= 0.3 is 6.09 Å². The number of amides is 3. The number of rotatable bonds is 6. The average Bonchev–Trinajstić information content (AvgIpc) is 3.18. The van der Waals surface area contributed by atoms with Crippen molar-refractivity contribution in [1.82, 2.24) is 21.2 Å². The highest BCUT2D eigenvalue weighted by molar-refractivity contribution is 7.17. The van der Waals surface area contributed by atoms with Crippen molar-refractivity contribution in [3.05, 3.63) is 76.8 Å². The van der Waals surface area contributed by atoms with Crippen LogP contribution < -0.4 is 16.2 Å². The number of nitrogens with one attached hydrogen (secondary N) is 3. The lowest BCUT2D eigenvalue weighted by Gasteiger charge is -2.14. The highest BCUT2D eigenvalue weighted by Crippen LogP contribution is 2.27. The van der Waals surface area contributed by atoms with Crippen molar-refractivity contribution < 1.29 is 19.1 Å². The molecule has 0 bridgehead atoms. The molecule has 0 aliphatic carbocycles. The van der Waals surface area contributed by atoms with Crippen molar-refractivity contribution >= 4 is 29.2 Å². The summed E-state index contributed by atoms with van der Waals surface area (Å²) in [7, 11) is 0. The lowest BCUT2D eigenvalue weighted by molar-refractivity contribution is -0.123. The molecule has 1 unspecified atom stereocenters. The number of alkyl carbamates (subject to hydrolysis) is 1. The topological polar surface area (TPSA) is 109 Å². The van der Waals surface area contributed by atoms with Crippen LogP contribution in [0.15, 0.2) is 60.7 Å². The molecule has 3 aromatic rings. The van der Waals surface area contributed by atoms with Crippen molar-refractivity contribution in [1.29, 1.82) is 0 Å². The molecule has 1 heterocycles. The first kappa shape index (κ1) is 22.0. The van der Waals surface area contributed by atoms with E-state index in [1.807, 2.05) is 60.7 Å². The standard InChI is InChI=1S/C22H22N4O4S/c1-14-18(31-21(23-14)17-11-7-4-8-12-17)20(28)26-25-19(27)15(2)24-22(29)30-13-16-9-5-3-6-10-16/h3-12,15H,13H2,1-2H3,(H,24,29)(H,25,27)(H,26,28). The van der Waals surface area contributed by atoms with Crippen LogP contribution in [0.3, 0.4) is 0 Å². The van der Waals surface area contributed by atoms with Gasteiger partial charge in [-0.3, -0.25) is 20.4 Å². The van der Waals surface area contributed by atoms with Crippen LogP contribution in [0.2, 0.25) is 0 Å². The van der Waals surface area contributed by atoms with Gasteiger partial charge in [0, 0.05) is 5.56 Å². The van der Waals surface area contributed by atoms with Gasteiger partial charge in [-0.15, -0.1) is 11.3 Å². The summed E-state index contributed by atoms with van der Waals surface area (Å²) in [6, 6.07) is 17.8. The average molecular weight is 439 g/mol. The zero-order chi connectivity index (χ0) is 22.2. The quantitative estimate of drug-likeness (QED) is 0.512. The number of nitrogens with zero attached hydrogens (tertiary/aromatic N) is 1. The van der Waals surface area contributed by atoms with Crippen molar-refractivity contribution in [2.24, 2.45) is 0 Å². The summed E-state index contributed by atoms with van der Waals surface area (Å²) in [5.74, 6) is -1.07. The number of thiazole rings is 1. The smallest absolute Gasteiger partial charge is 0.408 e. The fourth-order valence-electron chi connectivity index (χ4n) is 2.60. The third-order valence-corrected chi connectivity index (χ3v) is 5.47. The molecule has 1 atom stereocenters. The second-order valence-corrected chi connectivity index (χ2v) is 7.67. The minimum atomic E-state index is -0.911. The molecule has 0 radical (unpaired) electrons. The molecular weight excluding hydrogens is 416 g/mol. The van der Waals surface area contributed by atoms with Crippen molar-refractivity contribution in [3.8, 4) is 10.6 Å². The first-order chi connectivity index (χ1) is 14.9. The lowest BCUT2D eigenvalue weighted by atomic mass is 10.2. The van der Waals surface area contributed by atoms with Gasteiger partial charge in [0.2, 0.25) is 0 Å².